The molecule has 0 amide bonds. The van der Waals surface area contributed by atoms with Crippen LogP contribution in [0.3, 0.4) is 0 Å². The van der Waals surface area contributed by atoms with Crippen molar-refractivity contribution in [2.24, 2.45) is 0 Å². The van der Waals surface area contributed by atoms with Crippen molar-refractivity contribution >= 4 is 27.7 Å². The molecule has 1 heterocycles. The van der Waals surface area contributed by atoms with Crippen molar-refractivity contribution in [2.75, 3.05) is 5.73 Å². The second kappa shape index (κ2) is 2.87. The summed E-state index contributed by atoms with van der Waals surface area (Å²) in [6.07, 6.45) is 1.35. The molecule has 0 aliphatic heterocycles. The van der Waals surface area contributed by atoms with Crippen molar-refractivity contribution in [3.63, 3.8) is 0 Å². The van der Waals surface area contributed by atoms with Crippen molar-refractivity contribution < 1.29 is 9.90 Å². The maximum Gasteiger partial charge on any atom is 0.337 e. The van der Waals surface area contributed by atoms with E-state index in [0.717, 1.165) is 0 Å². The molecule has 0 fully saturated rings. The summed E-state index contributed by atoms with van der Waals surface area (Å²) < 4.78 is 0.326. The van der Waals surface area contributed by atoms with Gasteiger partial charge in [-0.05, 0) is 22.0 Å². The summed E-state index contributed by atoms with van der Waals surface area (Å²) in [5.74, 6) is -0.837. The van der Waals surface area contributed by atoms with Gasteiger partial charge < -0.3 is 10.8 Å². The number of hydrogen-bond acceptors (Lipinski definition) is 3. The fourth-order valence-electron chi connectivity index (χ4n) is 0.625. The van der Waals surface area contributed by atoms with E-state index in [-0.39, 0.29) is 11.4 Å². The van der Waals surface area contributed by atoms with Crippen LogP contribution in [0.1, 0.15) is 10.4 Å². The van der Waals surface area contributed by atoms with Crippen LogP contribution in [0, 0.1) is 0 Å². The van der Waals surface area contributed by atoms with Crippen LogP contribution in [-0.4, -0.2) is 16.1 Å². The van der Waals surface area contributed by atoms with Gasteiger partial charge in [0.15, 0.2) is 0 Å². The van der Waals surface area contributed by atoms with Gasteiger partial charge in [0.2, 0.25) is 0 Å². The first-order valence-electron chi connectivity index (χ1n) is 2.76. The first kappa shape index (κ1) is 8.00. The van der Waals surface area contributed by atoms with E-state index >= 15 is 0 Å². The number of nitrogens with zero attached hydrogens (tertiary/aromatic N) is 1. The van der Waals surface area contributed by atoms with E-state index < -0.39 is 5.97 Å². The number of aromatic carboxylic acids is 1. The number of carboxylic acids is 1. The predicted octanol–water partition coefficient (Wildman–Crippen LogP) is 1.12. The molecular weight excluding hydrogens is 212 g/mol. The number of hydrogen-bond donors (Lipinski definition) is 2. The Bertz CT molecular complexity index is 301. The minimum atomic E-state index is -1.02. The fourth-order valence-corrected chi connectivity index (χ4v) is 1.03. The zero-order chi connectivity index (χ0) is 8.43. The summed E-state index contributed by atoms with van der Waals surface area (Å²) in [7, 11) is 0. The summed E-state index contributed by atoms with van der Waals surface area (Å²) >= 11 is 3.01. The number of carbonyl (C=O) groups is 1. The monoisotopic (exact) mass is 216 g/mol. The van der Waals surface area contributed by atoms with E-state index in [1.54, 1.807) is 0 Å². The molecule has 1 rings (SSSR count). The van der Waals surface area contributed by atoms with Crippen LogP contribution >= 0.6 is 15.9 Å². The molecule has 0 saturated carbocycles. The molecule has 0 unspecified atom stereocenters. The molecule has 0 saturated heterocycles. The number of aromatic nitrogens is 1. The molecule has 0 aromatic carbocycles. The Kier molecular flexibility index (Phi) is 2.09. The predicted molar refractivity (Wildman–Crippen MR) is 43.3 cm³/mol. The number of anilines is 1. The number of halogens is 1. The van der Waals surface area contributed by atoms with Gasteiger partial charge in [-0.15, -0.1) is 0 Å². The highest BCUT2D eigenvalue weighted by Gasteiger charge is 2.09. The molecule has 3 N–H and O–H groups in total. The number of nitrogen functional groups attached to an aromatic ring is 1. The molecule has 1 aromatic heterocycles. The minimum absolute atomic E-state index is 0.123. The number of nitrogens with two attached hydrogens (primary N) is 1. The van der Waals surface area contributed by atoms with E-state index in [9.17, 15) is 4.79 Å². The van der Waals surface area contributed by atoms with Crippen LogP contribution < -0.4 is 5.73 Å². The summed E-state index contributed by atoms with van der Waals surface area (Å²) in [5, 5.41) is 8.58. The zero-order valence-corrected chi connectivity index (χ0v) is 7.00. The van der Waals surface area contributed by atoms with Gasteiger partial charge >= 0.3 is 5.97 Å². The molecule has 11 heavy (non-hydrogen) atoms. The highest BCUT2D eigenvalue weighted by atomic mass is 79.9. The highest BCUT2D eigenvalue weighted by Crippen LogP contribution is 2.20. The number of carboxylic acid groups (broad SMARTS) is 1. The van der Waals surface area contributed by atoms with Gasteiger partial charge in [0.25, 0.3) is 0 Å². The molecule has 5 heteroatoms. The Balaban J connectivity index is 3.27. The van der Waals surface area contributed by atoms with Crippen LogP contribution in [0.4, 0.5) is 5.82 Å². The SMILES string of the molecule is Nc1nccc(C(=O)O)c1Br. The van der Waals surface area contributed by atoms with Gasteiger partial charge in [0, 0.05) is 6.20 Å². The van der Waals surface area contributed by atoms with Gasteiger partial charge in [-0.2, -0.15) is 0 Å². The second-order valence-electron chi connectivity index (χ2n) is 1.86. The lowest BCUT2D eigenvalue weighted by Crippen LogP contribution is -2.01. The van der Waals surface area contributed by atoms with Gasteiger partial charge in [0.1, 0.15) is 5.82 Å². The molecule has 0 aliphatic rings. The lowest BCUT2D eigenvalue weighted by Gasteiger charge is -1.99. The summed E-state index contributed by atoms with van der Waals surface area (Å²) in [4.78, 5) is 14.1. The quantitative estimate of drug-likeness (QED) is 0.738. The van der Waals surface area contributed by atoms with E-state index in [1.165, 1.54) is 12.3 Å². The van der Waals surface area contributed by atoms with E-state index in [1.807, 2.05) is 0 Å². The average molecular weight is 217 g/mol. The van der Waals surface area contributed by atoms with E-state index in [4.69, 9.17) is 10.8 Å². The molecule has 4 nitrogen and oxygen atoms in total. The summed E-state index contributed by atoms with van der Waals surface area (Å²) in [5.41, 5.74) is 5.46. The Morgan fingerprint density at radius 1 is 1.73 bits per heavy atom. The maximum absolute atomic E-state index is 10.5. The smallest absolute Gasteiger partial charge is 0.337 e. The molecule has 0 aliphatic carbocycles. The molecule has 0 spiro atoms. The van der Waals surface area contributed by atoms with Crippen molar-refractivity contribution in [3.05, 3.63) is 22.3 Å². The van der Waals surface area contributed by atoms with Gasteiger partial charge in [-0.1, -0.05) is 0 Å². The first-order chi connectivity index (χ1) is 5.13. The average Bonchev–Trinajstić information content (AvgIpc) is 1.94. The topological polar surface area (TPSA) is 76.2 Å². The van der Waals surface area contributed by atoms with Crippen molar-refractivity contribution in [1.29, 1.82) is 0 Å². The molecule has 58 valence electrons. The minimum Gasteiger partial charge on any atom is -0.478 e. The zero-order valence-electron chi connectivity index (χ0n) is 5.41. The van der Waals surface area contributed by atoms with Crippen molar-refractivity contribution in [3.8, 4) is 0 Å². The van der Waals surface area contributed by atoms with Crippen LogP contribution in [0.2, 0.25) is 0 Å². The second-order valence-corrected chi connectivity index (χ2v) is 2.66. The molecule has 1 aromatic rings. The number of pyridine rings is 1. The van der Waals surface area contributed by atoms with Crippen LogP contribution in [0.15, 0.2) is 16.7 Å². The first-order valence-corrected chi connectivity index (χ1v) is 3.55. The Morgan fingerprint density at radius 3 is 2.82 bits per heavy atom. The Labute approximate surface area is 71.2 Å². The summed E-state index contributed by atoms with van der Waals surface area (Å²) in [6, 6.07) is 1.38. The lowest BCUT2D eigenvalue weighted by atomic mass is 10.3. The largest absolute Gasteiger partial charge is 0.478 e. The van der Waals surface area contributed by atoms with Gasteiger partial charge in [0.05, 0.1) is 10.0 Å². The van der Waals surface area contributed by atoms with Crippen LogP contribution in [0.25, 0.3) is 0 Å². The molecule has 0 radical (unpaired) electrons. The van der Waals surface area contributed by atoms with Gasteiger partial charge in [-0.3, -0.25) is 0 Å². The van der Waals surface area contributed by atoms with Gasteiger partial charge in [-0.25, -0.2) is 9.78 Å². The third kappa shape index (κ3) is 1.48. The third-order valence-electron chi connectivity index (χ3n) is 1.15. The molecule has 0 bridgehead atoms. The third-order valence-corrected chi connectivity index (χ3v) is 1.98. The van der Waals surface area contributed by atoms with Crippen molar-refractivity contribution in [2.45, 2.75) is 0 Å². The standard InChI is InChI=1S/C6H5BrN2O2/c7-4-3(6(10)11)1-2-9-5(4)8/h1-2H,(H2,8,9)(H,10,11). The maximum atomic E-state index is 10.5. The number of rotatable bonds is 1. The highest BCUT2D eigenvalue weighted by molar-refractivity contribution is 9.10. The lowest BCUT2D eigenvalue weighted by molar-refractivity contribution is 0.0696. The summed E-state index contributed by atoms with van der Waals surface area (Å²) in [6.45, 7) is 0. The van der Waals surface area contributed by atoms with E-state index in [0.29, 0.717) is 4.47 Å². The molecular formula is C6H5BrN2O2. The fraction of sp³-hybridized carbons (Fsp3) is 0. The Hall–Kier alpha value is -1.10. The van der Waals surface area contributed by atoms with Crippen molar-refractivity contribution in [1.82, 2.24) is 4.98 Å². The normalized spacial score (nSPS) is 9.55. The van der Waals surface area contributed by atoms with Crippen LogP contribution in [-0.2, 0) is 0 Å². The van der Waals surface area contributed by atoms with Crippen LogP contribution in [0.5, 0.6) is 0 Å². The van der Waals surface area contributed by atoms with E-state index in [2.05, 4.69) is 20.9 Å². The molecule has 0 atom stereocenters. The Morgan fingerprint density at radius 2 is 2.36 bits per heavy atom.